The van der Waals surface area contributed by atoms with Gasteiger partial charge in [-0.05, 0) is 36.4 Å². The molecular formula is C21H22N4O3. The molecule has 1 aliphatic heterocycles. The molecule has 1 aliphatic rings. The van der Waals surface area contributed by atoms with Crippen molar-refractivity contribution in [2.75, 3.05) is 37.5 Å². The molecule has 2 aromatic carbocycles. The molecule has 0 bridgehead atoms. The number of hydrogen-bond donors (Lipinski definition) is 0. The van der Waals surface area contributed by atoms with Crippen LogP contribution >= 0.6 is 0 Å². The summed E-state index contributed by atoms with van der Waals surface area (Å²) < 4.78 is 10.8. The average Bonchev–Trinajstić information content (AvgIpc) is 3.35. The second-order valence-corrected chi connectivity index (χ2v) is 6.98. The van der Waals surface area contributed by atoms with E-state index >= 15 is 0 Å². The van der Waals surface area contributed by atoms with Gasteiger partial charge in [0.05, 0.1) is 12.8 Å². The minimum absolute atomic E-state index is 0.0242. The van der Waals surface area contributed by atoms with Gasteiger partial charge in [0.1, 0.15) is 5.75 Å². The van der Waals surface area contributed by atoms with Crippen molar-refractivity contribution >= 4 is 17.3 Å². The SMILES string of the molecule is COc1ccccc1N1CC(c2noc(-c3ccc(N(C)C)cc3)n2)CC1=O. The minimum Gasteiger partial charge on any atom is -0.495 e. The summed E-state index contributed by atoms with van der Waals surface area (Å²) in [4.78, 5) is 20.9. The van der Waals surface area contributed by atoms with Crippen molar-refractivity contribution < 1.29 is 14.1 Å². The van der Waals surface area contributed by atoms with Crippen LogP contribution in [0.15, 0.2) is 53.1 Å². The zero-order valence-electron chi connectivity index (χ0n) is 16.1. The minimum atomic E-state index is -0.115. The average molecular weight is 378 g/mol. The summed E-state index contributed by atoms with van der Waals surface area (Å²) in [5.74, 6) is 1.60. The molecule has 144 valence electrons. The van der Waals surface area contributed by atoms with Crippen LogP contribution in [0.1, 0.15) is 18.2 Å². The Balaban J connectivity index is 1.54. The summed E-state index contributed by atoms with van der Waals surface area (Å²) in [6, 6.07) is 15.4. The lowest BCUT2D eigenvalue weighted by Crippen LogP contribution is -2.24. The summed E-state index contributed by atoms with van der Waals surface area (Å²) >= 11 is 0. The third-order valence-corrected chi connectivity index (χ3v) is 4.94. The largest absolute Gasteiger partial charge is 0.495 e. The molecule has 3 aromatic rings. The van der Waals surface area contributed by atoms with Crippen LogP contribution in [0.3, 0.4) is 0 Å². The van der Waals surface area contributed by atoms with Crippen LogP contribution in [0.5, 0.6) is 5.75 Å². The Morgan fingerprint density at radius 1 is 1.14 bits per heavy atom. The first-order valence-corrected chi connectivity index (χ1v) is 9.11. The van der Waals surface area contributed by atoms with E-state index in [0.29, 0.717) is 30.4 Å². The van der Waals surface area contributed by atoms with Gasteiger partial charge in [0.2, 0.25) is 5.91 Å². The van der Waals surface area contributed by atoms with E-state index in [2.05, 4.69) is 10.1 Å². The van der Waals surface area contributed by atoms with Gasteiger partial charge in [0.25, 0.3) is 5.89 Å². The summed E-state index contributed by atoms with van der Waals surface area (Å²) in [5.41, 5.74) is 2.72. The number of para-hydroxylation sites is 2. The van der Waals surface area contributed by atoms with Crippen molar-refractivity contribution in [3.8, 4) is 17.2 Å². The highest BCUT2D eigenvalue weighted by molar-refractivity contribution is 5.97. The fraction of sp³-hybridized carbons (Fsp3) is 0.286. The first-order chi connectivity index (χ1) is 13.6. The fourth-order valence-electron chi connectivity index (χ4n) is 3.39. The van der Waals surface area contributed by atoms with Crippen molar-refractivity contribution in [1.29, 1.82) is 0 Å². The number of carbonyl (C=O) groups excluding carboxylic acids is 1. The van der Waals surface area contributed by atoms with Crippen LogP contribution in [0.2, 0.25) is 0 Å². The molecule has 1 unspecified atom stereocenters. The predicted octanol–water partition coefficient (Wildman–Crippen LogP) is 3.33. The molecular weight excluding hydrogens is 356 g/mol. The standard InChI is InChI=1S/C21H22N4O3/c1-24(2)16-10-8-14(9-11-16)21-22-20(23-28-21)15-12-19(26)25(13-15)17-6-4-5-7-18(17)27-3/h4-11,15H,12-13H2,1-3H3. The fourth-order valence-corrected chi connectivity index (χ4v) is 3.39. The molecule has 0 N–H and O–H groups in total. The van der Waals surface area contributed by atoms with E-state index in [1.165, 1.54) is 0 Å². The maximum absolute atomic E-state index is 12.6. The van der Waals surface area contributed by atoms with E-state index in [4.69, 9.17) is 9.26 Å². The van der Waals surface area contributed by atoms with Crippen LogP contribution in [0.4, 0.5) is 11.4 Å². The lowest BCUT2D eigenvalue weighted by atomic mass is 10.1. The van der Waals surface area contributed by atoms with E-state index in [1.807, 2.05) is 67.5 Å². The van der Waals surface area contributed by atoms with Crippen LogP contribution < -0.4 is 14.5 Å². The number of nitrogens with zero attached hydrogens (tertiary/aromatic N) is 4. The van der Waals surface area contributed by atoms with Gasteiger partial charge in [-0.2, -0.15) is 4.98 Å². The van der Waals surface area contributed by atoms with Crippen LogP contribution in [0, 0.1) is 0 Å². The quantitative estimate of drug-likeness (QED) is 0.678. The maximum atomic E-state index is 12.6. The second kappa shape index (κ2) is 7.34. The molecule has 2 heterocycles. The molecule has 28 heavy (non-hydrogen) atoms. The molecule has 0 radical (unpaired) electrons. The Morgan fingerprint density at radius 3 is 2.61 bits per heavy atom. The Kier molecular flexibility index (Phi) is 4.73. The number of rotatable bonds is 5. The Bertz CT molecular complexity index is 981. The third kappa shape index (κ3) is 3.31. The van der Waals surface area contributed by atoms with Gasteiger partial charge < -0.3 is 19.1 Å². The number of ether oxygens (including phenoxy) is 1. The first kappa shape index (κ1) is 18.0. The van der Waals surface area contributed by atoms with Gasteiger partial charge in [-0.3, -0.25) is 4.79 Å². The number of carbonyl (C=O) groups is 1. The van der Waals surface area contributed by atoms with Gasteiger partial charge in [-0.1, -0.05) is 17.3 Å². The molecule has 4 rings (SSSR count). The first-order valence-electron chi connectivity index (χ1n) is 9.11. The van der Waals surface area contributed by atoms with E-state index < -0.39 is 0 Å². The molecule has 1 fully saturated rings. The number of hydrogen-bond acceptors (Lipinski definition) is 6. The number of methoxy groups -OCH3 is 1. The zero-order chi connectivity index (χ0) is 19.7. The molecule has 0 aliphatic carbocycles. The van der Waals surface area contributed by atoms with Gasteiger partial charge in [-0.25, -0.2) is 0 Å². The highest BCUT2D eigenvalue weighted by Crippen LogP contribution is 2.36. The molecule has 7 heteroatoms. The van der Waals surface area contributed by atoms with Crippen LogP contribution in [0.25, 0.3) is 11.5 Å². The lowest BCUT2D eigenvalue weighted by molar-refractivity contribution is -0.117. The van der Waals surface area contributed by atoms with Crippen LogP contribution in [-0.4, -0.2) is 43.8 Å². The number of anilines is 2. The summed E-state index contributed by atoms with van der Waals surface area (Å²) in [6.07, 6.45) is 0.344. The van der Waals surface area contributed by atoms with E-state index in [1.54, 1.807) is 12.0 Å². The van der Waals surface area contributed by atoms with E-state index in [0.717, 1.165) is 16.9 Å². The molecule has 7 nitrogen and oxygen atoms in total. The lowest BCUT2D eigenvalue weighted by Gasteiger charge is -2.18. The second-order valence-electron chi connectivity index (χ2n) is 6.98. The molecule has 1 saturated heterocycles. The van der Waals surface area contributed by atoms with Crippen molar-refractivity contribution in [2.24, 2.45) is 0 Å². The number of benzene rings is 2. The van der Waals surface area contributed by atoms with Gasteiger partial charge >= 0.3 is 0 Å². The van der Waals surface area contributed by atoms with Crippen molar-refractivity contribution in [3.05, 3.63) is 54.4 Å². The molecule has 1 aromatic heterocycles. The molecule has 0 spiro atoms. The van der Waals surface area contributed by atoms with Gasteiger partial charge in [-0.15, -0.1) is 0 Å². The number of aromatic nitrogens is 2. The number of amides is 1. The van der Waals surface area contributed by atoms with E-state index in [-0.39, 0.29) is 11.8 Å². The van der Waals surface area contributed by atoms with Crippen molar-refractivity contribution in [2.45, 2.75) is 12.3 Å². The summed E-state index contributed by atoms with van der Waals surface area (Å²) in [7, 11) is 5.58. The third-order valence-electron chi connectivity index (χ3n) is 4.94. The normalized spacial score (nSPS) is 16.5. The van der Waals surface area contributed by atoms with Gasteiger partial charge in [0, 0.05) is 44.2 Å². The zero-order valence-corrected chi connectivity index (χ0v) is 16.1. The highest BCUT2D eigenvalue weighted by Gasteiger charge is 2.35. The van der Waals surface area contributed by atoms with Crippen molar-refractivity contribution in [3.63, 3.8) is 0 Å². The molecule has 0 saturated carbocycles. The summed E-state index contributed by atoms with van der Waals surface area (Å²) in [5, 5.41) is 4.13. The Hall–Kier alpha value is -3.35. The monoisotopic (exact) mass is 378 g/mol. The van der Waals surface area contributed by atoms with Crippen LogP contribution in [-0.2, 0) is 4.79 Å². The van der Waals surface area contributed by atoms with Crippen molar-refractivity contribution in [1.82, 2.24) is 10.1 Å². The Morgan fingerprint density at radius 2 is 1.89 bits per heavy atom. The van der Waals surface area contributed by atoms with Gasteiger partial charge in [0.15, 0.2) is 5.82 Å². The predicted molar refractivity (Wildman–Crippen MR) is 107 cm³/mol. The maximum Gasteiger partial charge on any atom is 0.257 e. The smallest absolute Gasteiger partial charge is 0.257 e. The molecule has 1 amide bonds. The topological polar surface area (TPSA) is 71.7 Å². The summed E-state index contributed by atoms with van der Waals surface area (Å²) in [6.45, 7) is 0.498. The highest BCUT2D eigenvalue weighted by atomic mass is 16.5. The molecule has 1 atom stereocenters. The van der Waals surface area contributed by atoms with E-state index in [9.17, 15) is 4.79 Å². The Labute approximate surface area is 163 Å².